The molecule has 2 aromatic heterocycles. The van der Waals surface area contributed by atoms with Gasteiger partial charge in [0.25, 0.3) is 11.8 Å². The Hall–Kier alpha value is -3.13. The van der Waals surface area contributed by atoms with Crippen molar-refractivity contribution in [2.45, 2.75) is 25.8 Å². The first kappa shape index (κ1) is 20.2. The fourth-order valence-electron chi connectivity index (χ4n) is 3.53. The van der Waals surface area contributed by atoms with Crippen molar-refractivity contribution in [1.29, 1.82) is 0 Å². The molecular formula is C22H24N4O3S. The Kier molecular flexibility index (Phi) is 6.13. The van der Waals surface area contributed by atoms with E-state index in [0.717, 1.165) is 29.8 Å². The average Bonchev–Trinajstić information content (AvgIpc) is 3.47. The van der Waals surface area contributed by atoms with E-state index in [-0.39, 0.29) is 17.9 Å². The van der Waals surface area contributed by atoms with Crippen molar-refractivity contribution < 1.29 is 14.3 Å². The second kappa shape index (κ2) is 9.13. The van der Waals surface area contributed by atoms with Gasteiger partial charge in [-0.05, 0) is 61.5 Å². The van der Waals surface area contributed by atoms with Gasteiger partial charge in [0.1, 0.15) is 11.4 Å². The normalized spacial score (nSPS) is 14.5. The summed E-state index contributed by atoms with van der Waals surface area (Å²) in [6.07, 6.45) is 1.48. The fourth-order valence-corrected chi connectivity index (χ4v) is 4.16. The lowest BCUT2D eigenvalue weighted by molar-refractivity contribution is 0.0692. The summed E-state index contributed by atoms with van der Waals surface area (Å²) in [6, 6.07) is 13.2. The van der Waals surface area contributed by atoms with Gasteiger partial charge in [-0.3, -0.25) is 14.7 Å². The van der Waals surface area contributed by atoms with Crippen LogP contribution in [-0.4, -0.2) is 52.6 Å². The first-order valence-corrected chi connectivity index (χ1v) is 10.9. The highest BCUT2D eigenvalue weighted by Crippen LogP contribution is 2.22. The van der Waals surface area contributed by atoms with Crippen LogP contribution in [0.25, 0.3) is 11.3 Å². The van der Waals surface area contributed by atoms with Gasteiger partial charge in [-0.25, -0.2) is 0 Å². The minimum absolute atomic E-state index is 0.0386. The molecule has 0 radical (unpaired) electrons. The van der Waals surface area contributed by atoms with Crippen LogP contribution in [0.1, 0.15) is 39.9 Å². The van der Waals surface area contributed by atoms with Crippen LogP contribution < -0.4 is 10.1 Å². The maximum atomic E-state index is 12.8. The lowest BCUT2D eigenvalue weighted by Crippen LogP contribution is -2.46. The molecule has 0 saturated carbocycles. The van der Waals surface area contributed by atoms with E-state index in [2.05, 4.69) is 15.5 Å². The highest BCUT2D eigenvalue weighted by atomic mass is 32.1. The number of amides is 2. The summed E-state index contributed by atoms with van der Waals surface area (Å²) in [5.41, 5.74) is 2.11. The minimum atomic E-state index is -0.0669. The lowest BCUT2D eigenvalue weighted by atomic mass is 10.0. The van der Waals surface area contributed by atoms with Crippen molar-refractivity contribution in [3.63, 3.8) is 0 Å². The molecule has 1 aliphatic heterocycles. The number of nitrogens with one attached hydrogen (secondary N) is 2. The van der Waals surface area contributed by atoms with Gasteiger partial charge >= 0.3 is 0 Å². The number of aromatic amines is 1. The van der Waals surface area contributed by atoms with Crippen LogP contribution in [0.2, 0.25) is 0 Å². The number of piperidine rings is 1. The third-order valence-electron chi connectivity index (χ3n) is 5.13. The van der Waals surface area contributed by atoms with Gasteiger partial charge in [0.2, 0.25) is 0 Å². The molecular weight excluding hydrogens is 400 g/mol. The van der Waals surface area contributed by atoms with Gasteiger partial charge < -0.3 is 15.0 Å². The van der Waals surface area contributed by atoms with Gasteiger partial charge in [0.05, 0.1) is 17.2 Å². The molecule has 0 atom stereocenters. The van der Waals surface area contributed by atoms with Crippen LogP contribution >= 0.6 is 11.3 Å². The molecule has 2 amide bonds. The molecule has 8 heteroatoms. The first-order chi connectivity index (χ1) is 14.6. The molecule has 30 heavy (non-hydrogen) atoms. The van der Waals surface area contributed by atoms with E-state index in [1.807, 2.05) is 53.6 Å². The number of thiophene rings is 1. The van der Waals surface area contributed by atoms with Crippen LogP contribution in [0.5, 0.6) is 5.75 Å². The van der Waals surface area contributed by atoms with E-state index in [1.54, 1.807) is 6.07 Å². The van der Waals surface area contributed by atoms with Crippen LogP contribution in [0.4, 0.5) is 0 Å². The van der Waals surface area contributed by atoms with E-state index in [9.17, 15) is 9.59 Å². The number of ether oxygens (including phenoxy) is 1. The van der Waals surface area contributed by atoms with Gasteiger partial charge in [0.15, 0.2) is 0 Å². The second-order valence-corrected chi connectivity index (χ2v) is 8.09. The predicted octanol–water partition coefficient (Wildman–Crippen LogP) is 3.57. The van der Waals surface area contributed by atoms with Crippen molar-refractivity contribution in [3.05, 3.63) is 58.4 Å². The lowest BCUT2D eigenvalue weighted by Gasteiger charge is -2.32. The predicted molar refractivity (Wildman–Crippen MR) is 116 cm³/mol. The van der Waals surface area contributed by atoms with Crippen molar-refractivity contribution in [1.82, 2.24) is 20.4 Å². The third-order valence-corrected chi connectivity index (χ3v) is 6.00. The standard InChI is InChI=1S/C22H24N4O3S/c1-2-29-17-7-5-15(6-8-17)18-14-19(25-24-18)22(28)26-11-9-16(10-12-26)23-21(27)20-4-3-13-30-20/h3-8,13-14,16H,2,9-12H2,1H3,(H,23,27)(H,24,25). The Morgan fingerprint density at radius 1 is 1.23 bits per heavy atom. The van der Waals surface area contributed by atoms with E-state index >= 15 is 0 Å². The van der Waals surface area contributed by atoms with E-state index in [1.165, 1.54) is 11.3 Å². The largest absolute Gasteiger partial charge is 0.494 e. The zero-order valence-corrected chi connectivity index (χ0v) is 17.6. The number of benzene rings is 1. The molecule has 0 aliphatic carbocycles. The number of nitrogens with zero attached hydrogens (tertiary/aromatic N) is 2. The monoisotopic (exact) mass is 424 g/mol. The molecule has 0 spiro atoms. The van der Waals surface area contributed by atoms with E-state index in [0.29, 0.717) is 30.3 Å². The molecule has 4 rings (SSSR count). The molecule has 156 valence electrons. The zero-order valence-electron chi connectivity index (χ0n) is 16.8. The molecule has 1 aliphatic rings. The van der Waals surface area contributed by atoms with Gasteiger partial charge in [-0.2, -0.15) is 5.10 Å². The number of aromatic nitrogens is 2. The number of carbonyl (C=O) groups is 2. The summed E-state index contributed by atoms with van der Waals surface area (Å²) < 4.78 is 5.46. The molecule has 0 unspecified atom stereocenters. The highest BCUT2D eigenvalue weighted by molar-refractivity contribution is 7.12. The van der Waals surface area contributed by atoms with Gasteiger partial charge in [0, 0.05) is 24.7 Å². The Morgan fingerprint density at radius 3 is 2.67 bits per heavy atom. The van der Waals surface area contributed by atoms with E-state index in [4.69, 9.17) is 4.74 Å². The van der Waals surface area contributed by atoms with Crippen LogP contribution in [-0.2, 0) is 0 Å². The van der Waals surface area contributed by atoms with Crippen molar-refractivity contribution >= 4 is 23.2 Å². The minimum Gasteiger partial charge on any atom is -0.494 e. The van der Waals surface area contributed by atoms with E-state index < -0.39 is 0 Å². The number of carbonyl (C=O) groups excluding carboxylic acids is 2. The molecule has 3 heterocycles. The maximum Gasteiger partial charge on any atom is 0.271 e. The number of hydrogen-bond acceptors (Lipinski definition) is 5. The quantitative estimate of drug-likeness (QED) is 0.633. The van der Waals surface area contributed by atoms with Crippen LogP contribution in [0.3, 0.4) is 0 Å². The highest BCUT2D eigenvalue weighted by Gasteiger charge is 2.26. The van der Waals surface area contributed by atoms with Crippen molar-refractivity contribution in [2.75, 3.05) is 19.7 Å². The Morgan fingerprint density at radius 2 is 2.00 bits per heavy atom. The molecule has 7 nitrogen and oxygen atoms in total. The average molecular weight is 425 g/mol. The Bertz CT molecular complexity index is 990. The van der Waals surface area contributed by atoms with Crippen LogP contribution in [0, 0.1) is 0 Å². The number of rotatable bonds is 6. The summed E-state index contributed by atoms with van der Waals surface area (Å²) >= 11 is 1.43. The van der Waals surface area contributed by atoms with Gasteiger partial charge in [-0.15, -0.1) is 11.3 Å². The molecule has 1 saturated heterocycles. The first-order valence-electron chi connectivity index (χ1n) is 10.1. The van der Waals surface area contributed by atoms with Gasteiger partial charge in [-0.1, -0.05) is 6.07 Å². The fraction of sp³-hybridized carbons (Fsp3) is 0.318. The molecule has 2 N–H and O–H groups in total. The van der Waals surface area contributed by atoms with Crippen molar-refractivity contribution in [2.24, 2.45) is 0 Å². The van der Waals surface area contributed by atoms with Crippen molar-refractivity contribution in [3.8, 4) is 17.0 Å². The smallest absolute Gasteiger partial charge is 0.271 e. The zero-order chi connectivity index (χ0) is 20.9. The molecule has 1 fully saturated rings. The molecule has 0 bridgehead atoms. The Balaban J connectivity index is 1.33. The van der Waals surface area contributed by atoms with Crippen LogP contribution in [0.15, 0.2) is 47.8 Å². The number of hydrogen-bond donors (Lipinski definition) is 2. The summed E-state index contributed by atoms with van der Waals surface area (Å²) in [7, 11) is 0. The second-order valence-electron chi connectivity index (χ2n) is 7.14. The molecule has 3 aromatic rings. The summed E-state index contributed by atoms with van der Waals surface area (Å²) in [6.45, 7) is 3.77. The maximum absolute atomic E-state index is 12.8. The summed E-state index contributed by atoms with van der Waals surface area (Å²) in [4.78, 5) is 27.6. The summed E-state index contributed by atoms with van der Waals surface area (Å²) in [5, 5.41) is 12.1. The Labute approximate surface area is 179 Å². The third kappa shape index (κ3) is 4.54. The number of H-pyrrole nitrogens is 1. The summed E-state index contributed by atoms with van der Waals surface area (Å²) in [5.74, 6) is 0.702. The number of likely N-dealkylation sites (tertiary alicyclic amines) is 1. The molecule has 1 aromatic carbocycles. The topological polar surface area (TPSA) is 87.3 Å². The SMILES string of the molecule is CCOc1ccc(-c2cc(C(=O)N3CCC(NC(=O)c4cccs4)CC3)[nH]n2)cc1.